The number of alkyl halides is 1. The Morgan fingerprint density at radius 3 is 2.92 bits per heavy atom. The number of nitrogens with zero attached hydrogens (tertiary/aromatic N) is 4. The number of fused-ring (bicyclic) bond motifs is 3. The lowest BCUT2D eigenvalue weighted by Gasteiger charge is -2.16. The van der Waals surface area contributed by atoms with Gasteiger partial charge < -0.3 is 0 Å². The molecule has 0 aromatic carbocycles. The Bertz CT molecular complexity index is 929. The van der Waals surface area contributed by atoms with Gasteiger partial charge in [0.25, 0.3) is 0 Å². The normalized spacial score (nSPS) is 13.4. The van der Waals surface area contributed by atoms with Gasteiger partial charge in [-0.05, 0) is 12.8 Å². The summed E-state index contributed by atoms with van der Waals surface area (Å²) in [6.07, 6.45) is 6.21. The number of anilines is 1. The zero-order chi connectivity index (χ0) is 17.6. The summed E-state index contributed by atoms with van der Waals surface area (Å²) in [6.45, 7) is 3.28. The van der Waals surface area contributed by atoms with E-state index in [1.807, 2.05) is 13.8 Å². The number of halogens is 1. The van der Waals surface area contributed by atoms with Crippen LogP contribution in [0.2, 0.25) is 0 Å². The van der Waals surface area contributed by atoms with Crippen LogP contribution in [0, 0.1) is 0 Å². The first-order valence-corrected chi connectivity index (χ1v) is 9.47. The summed E-state index contributed by atoms with van der Waals surface area (Å²) >= 11 is 2.99. The molecule has 0 fully saturated rings. The lowest BCUT2D eigenvalue weighted by atomic mass is 9.97. The first kappa shape index (κ1) is 16.3. The van der Waals surface area contributed by atoms with Gasteiger partial charge in [-0.25, -0.2) is 19.7 Å². The van der Waals surface area contributed by atoms with Crippen molar-refractivity contribution in [3.8, 4) is 10.6 Å². The van der Waals surface area contributed by atoms with E-state index in [1.165, 1.54) is 27.1 Å². The van der Waals surface area contributed by atoms with Crippen LogP contribution in [0.15, 0.2) is 18.7 Å². The van der Waals surface area contributed by atoms with E-state index in [0.29, 0.717) is 5.13 Å². The number of aromatic nitrogens is 4. The van der Waals surface area contributed by atoms with E-state index in [1.54, 1.807) is 23.7 Å². The maximum absolute atomic E-state index is 13.3. The molecule has 3 aromatic heterocycles. The number of amides is 1. The minimum absolute atomic E-state index is 0.304. The van der Waals surface area contributed by atoms with Crippen molar-refractivity contribution in [2.24, 2.45) is 0 Å². The van der Waals surface area contributed by atoms with Crippen molar-refractivity contribution in [2.75, 3.05) is 12.0 Å². The number of rotatable bonds is 3. The van der Waals surface area contributed by atoms with E-state index in [0.717, 1.165) is 34.1 Å². The molecule has 1 N–H and O–H groups in total. The zero-order valence-electron chi connectivity index (χ0n) is 13.7. The maximum Gasteiger partial charge on any atom is 0.333 e. The number of carbonyl (C=O) groups excluding carboxylic acids is 1. The van der Waals surface area contributed by atoms with Gasteiger partial charge in [-0.1, -0.05) is 25.2 Å². The minimum atomic E-state index is -0.578. The smallest absolute Gasteiger partial charge is 0.283 e. The Hall–Kier alpha value is -2.13. The van der Waals surface area contributed by atoms with Crippen molar-refractivity contribution in [1.82, 2.24) is 19.5 Å². The first-order chi connectivity index (χ1) is 12.0. The molecule has 0 bridgehead atoms. The quantitative estimate of drug-likeness (QED) is 0.752. The second-order valence-electron chi connectivity index (χ2n) is 6.50. The van der Waals surface area contributed by atoms with Crippen molar-refractivity contribution in [3.05, 3.63) is 34.3 Å². The van der Waals surface area contributed by atoms with Gasteiger partial charge >= 0.3 is 6.03 Å². The van der Waals surface area contributed by atoms with E-state index in [9.17, 15) is 9.18 Å². The number of thiazole rings is 2. The third-order valence-electron chi connectivity index (χ3n) is 4.06. The number of nitrogens with one attached hydrogen (secondary N) is 1. The van der Waals surface area contributed by atoms with Crippen LogP contribution in [0.5, 0.6) is 0 Å². The van der Waals surface area contributed by atoms with Gasteiger partial charge in [0, 0.05) is 22.7 Å². The zero-order valence-corrected chi connectivity index (χ0v) is 15.4. The Morgan fingerprint density at radius 1 is 1.36 bits per heavy atom. The van der Waals surface area contributed by atoms with E-state index < -0.39 is 12.1 Å². The molecule has 6 nitrogen and oxygen atoms in total. The molecule has 0 radical (unpaired) electrons. The molecule has 0 unspecified atom stereocenters. The Balaban J connectivity index is 1.65. The molecule has 0 saturated heterocycles. The monoisotopic (exact) mass is 377 g/mol. The number of hydrogen-bond donors (Lipinski definition) is 1. The second kappa shape index (κ2) is 5.99. The van der Waals surface area contributed by atoms with Gasteiger partial charge in [0.1, 0.15) is 18.0 Å². The van der Waals surface area contributed by atoms with E-state index in [2.05, 4.69) is 15.3 Å². The molecule has 9 heteroatoms. The Morgan fingerprint density at radius 2 is 2.20 bits per heavy atom. The molecule has 0 atom stereocenters. The molecule has 0 saturated carbocycles. The van der Waals surface area contributed by atoms with E-state index >= 15 is 0 Å². The number of imidazole rings is 1. The van der Waals surface area contributed by atoms with Crippen molar-refractivity contribution < 1.29 is 9.18 Å². The van der Waals surface area contributed by atoms with Gasteiger partial charge in [-0.2, -0.15) is 0 Å². The van der Waals surface area contributed by atoms with Crippen molar-refractivity contribution >= 4 is 33.8 Å². The molecular formula is C16H16FN5OS2. The lowest BCUT2D eigenvalue weighted by Crippen LogP contribution is -2.19. The van der Waals surface area contributed by atoms with Crippen LogP contribution in [-0.4, -0.2) is 32.2 Å². The molecule has 1 aliphatic rings. The minimum Gasteiger partial charge on any atom is -0.283 e. The van der Waals surface area contributed by atoms with E-state index in [4.69, 9.17) is 4.98 Å². The molecule has 3 aromatic rings. The predicted molar refractivity (Wildman–Crippen MR) is 96.3 cm³/mol. The average molecular weight is 377 g/mol. The fourth-order valence-corrected chi connectivity index (χ4v) is 4.80. The molecule has 1 amide bonds. The predicted octanol–water partition coefficient (Wildman–Crippen LogP) is 3.89. The van der Waals surface area contributed by atoms with Crippen LogP contribution in [0.4, 0.5) is 14.3 Å². The topological polar surface area (TPSA) is 72.7 Å². The summed E-state index contributed by atoms with van der Waals surface area (Å²) < 4.78 is 14.7. The molecule has 0 aliphatic heterocycles. The van der Waals surface area contributed by atoms with Gasteiger partial charge in [-0.3, -0.25) is 14.3 Å². The molecule has 3 heterocycles. The summed E-state index contributed by atoms with van der Waals surface area (Å²) in [4.78, 5) is 27.4. The molecular weight excluding hydrogens is 361 g/mol. The Labute approximate surface area is 151 Å². The van der Waals surface area contributed by atoms with Crippen molar-refractivity contribution in [2.45, 2.75) is 32.1 Å². The number of hydrogen-bond acceptors (Lipinski definition) is 6. The van der Waals surface area contributed by atoms with Crippen LogP contribution >= 0.6 is 22.7 Å². The molecule has 130 valence electrons. The van der Waals surface area contributed by atoms with Crippen LogP contribution in [0.1, 0.15) is 29.4 Å². The highest BCUT2D eigenvalue weighted by Crippen LogP contribution is 2.43. The summed E-state index contributed by atoms with van der Waals surface area (Å²) in [5.74, 6) is 0. The first-order valence-electron chi connectivity index (χ1n) is 7.83. The highest BCUT2D eigenvalue weighted by atomic mass is 32.1. The van der Waals surface area contributed by atoms with Crippen LogP contribution in [-0.2, 0) is 18.3 Å². The van der Waals surface area contributed by atoms with Gasteiger partial charge in [0.2, 0.25) is 0 Å². The largest absolute Gasteiger partial charge is 0.333 e. The summed E-state index contributed by atoms with van der Waals surface area (Å²) in [5, 5.41) is 4.14. The van der Waals surface area contributed by atoms with Gasteiger partial charge in [-0.15, -0.1) is 11.3 Å². The molecule has 1 aliphatic carbocycles. The van der Waals surface area contributed by atoms with Crippen molar-refractivity contribution in [3.63, 3.8) is 0 Å². The molecule has 25 heavy (non-hydrogen) atoms. The van der Waals surface area contributed by atoms with E-state index in [-0.39, 0.29) is 6.03 Å². The Kier molecular flexibility index (Phi) is 3.92. The third kappa shape index (κ3) is 2.87. The SMILES string of the molecule is CC(C)(CF)c1nc2c(s1)CCc1nc(NC(=O)n3ccnc3)sc1-2. The van der Waals surface area contributed by atoms with Gasteiger partial charge in [0.15, 0.2) is 5.13 Å². The van der Waals surface area contributed by atoms with Crippen LogP contribution in [0.25, 0.3) is 10.6 Å². The van der Waals surface area contributed by atoms with Crippen LogP contribution in [0.3, 0.4) is 0 Å². The fourth-order valence-electron chi connectivity index (χ4n) is 2.57. The average Bonchev–Trinajstić information content (AvgIpc) is 3.31. The maximum atomic E-state index is 13.3. The number of carbonyl (C=O) groups is 1. The number of aryl methyl sites for hydroxylation is 2. The second-order valence-corrected chi connectivity index (χ2v) is 8.59. The fraction of sp³-hybridized carbons (Fsp3) is 0.375. The lowest BCUT2D eigenvalue weighted by molar-refractivity contribution is 0.253. The summed E-state index contributed by atoms with van der Waals surface area (Å²) in [5.41, 5.74) is 1.25. The highest BCUT2D eigenvalue weighted by molar-refractivity contribution is 7.20. The van der Waals surface area contributed by atoms with Gasteiger partial charge in [0.05, 0.1) is 16.3 Å². The molecule has 4 rings (SSSR count). The summed E-state index contributed by atoms with van der Waals surface area (Å²) in [6, 6.07) is -0.304. The standard InChI is InChI=1S/C16H16FN5OS2/c1-16(2,7-17)13-20-11-10(24-13)4-3-9-12(11)25-14(19-9)21-15(23)22-6-5-18-8-22/h5-6,8H,3-4,7H2,1-2H3,(H,19,21,23). The van der Waals surface area contributed by atoms with Crippen molar-refractivity contribution in [1.29, 1.82) is 0 Å². The highest BCUT2D eigenvalue weighted by Gasteiger charge is 2.31. The molecule has 0 spiro atoms. The third-order valence-corrected chi connectivity index (χ3v) is 6.57. The van der Waals surface area contributed by atoms with Crippen LogP contribution < -0.4 is 5.32 Å². The summed E-state index contributed by atoms with van der Waals surface area (Å²) in [7, 11) is 0.